The van der Waals surface area contributed by atoms with Gasteiger partial charge in [-0.1, -0.05) is 25.4 Å². The first-order chi connectivity index (χ1) is 8.49. The lowest BCUT2D eigenvalue weighted by atomic mass is 10.0. The first kappa shape index (κ1) is 15.3. The first-order valence-corrected chi connectivity index (χ1v) is 7.44. The number of amides is 1. The van der Waals surface area contributed by atoms with E-state index in [1.807, 2.05) is 26.2 Å². The molecule has 18 heavy (non-hydrogen) atoms. The summed E-state index contributed by atoms with van der Waals surface area (Å²) in [6.45, 7) is 4.47. The van der Waals surface area contributed by atoms with Crippen LogP contribution in [-0.4, -0.2) is 24.7 Å². The molecule has 1 unspecified atom stereocenters. The molecule has 0 aromatic heterocycles. The molecule has 3 N–H and O–H groups in total. The standard InChI is InChI=1S/C13H19ClN2OS/c1-8(2)12(7-15)16-13(17)10-6-9(18-3)4-5-11(10)14/h4-6,8,12H,7,15H2,1-3H3,(H,16,17). The van der Waals surface area contributed by atoms with Crippen molar-refractivity contribution in [2.24, 2.45) is 11.7 Å². The zero-order chi connectivity index (χ0) is 13.7. The van der Waals surface area contributed by atoms with Gasteiger partial charge in [0.15, 0.2) is 0 Å². The predicted molar refractivity (Wildman–Crippen MR) is 78.4 cm³/mol. The summed E-state index contributed by atoms with van der Waals surface area (Å²) in [7, 11) is 0. The Bertz CT molecular complexity index is 423. The third kappa shape index (κ3) is 3.90. The quantitative estimate of drug-likeness (QED) is 0.819. The number of benzene rings is 1. The van der Waals surface area contributed by atoms with Crippen molar-refractivity contribution >= 4 is 29.3 Å². The van der Waals surface area contributed by atoms with E-state index in [1.54, 1.807) is 23.9 Å². The molecule has 5 heteroatoms. The number of hydrogen-bond donors (Lipinski definition) is 2. The highest BCUT2D eigenvalue weighted by atomic mass is 35.5. The molecule has 0 heterocycles. The Balaban J connectivity index is 2.89. The smallest absolute Gasteiger partial charge is 0.253 e. The van der Waals surface area contributed by atoms with Gasteiger partial charge < -0.3 is 11.1 Å². The first-order valence-electron chi connectivity index (χ1n) is 5.84. The van der Waals surface area contributed by atoms with Crippen molar-refractivity contribution in [1.29, 1.82) is 0 Å². The van der Waals surface area contributed by atoms with Gasteiger partial charge in [-0.05, 0) is 30.4 Å². The maximum Gasteiger partial charge on any atom is 0.253 e. The van der Waals surface area contributed by atoms with Crippen molar-refractivity contribution < 1.29 is 4.79 Å². The van der Waals surface area contributed by atoms with Gasteiger partial charge in [0.25, 0.3) is 5.91 Å². The topological polar surface area (TPSA) is 55.1 Å². The van der Waals surface area contributed by atoms with E-state index >= 15 is 0 Å². The van der Waals surface area contributed by atoms with Gasteiger partial charge in [0.05, 0.1) is 10.6 Å². The van der Waals surface area contributed by atoms with Crippen LogP contribution < -0.4 is 11.1 Å². The van der Waals surface area contributed by atoms with Crippen molar-refractivity contribution in [3.8, 4) is 0 Å². The summed E-state index contributed by atoms with van der Waals surface area (Å²) in [6, 6.07) is 5.41. The molecule has 1 aromatic rings. The molecule has 1 atom stereocenters. The number of thioether (sulfide) groups is 1. The van der Waals surface area contributed by atoms with Gasteiger partial charge in [-0.3, -0.25) is 4.79 Å². The normalized spacial score (nSPS) is 12.6. The number of carbonyl (C=O) groups is 1. The van der Waals surface area contributed by atoms with Crippen LogP contribution in [0.4, 0.5) is 0 Å². The Kier molecular flexibility index (Phi) is 5.99. The lowest BCUT2D eigenvalue weighted by molar-refractivity contribution is 0.0927. The summed E-state index contributed by atoms with van der Waals surface area (Å²) in [5, 5.41) is 3.38. The zero-order valence-electron chi connectivity index (χ0n) is 10.9. The molecule has 3 nitrogen and oxygen atoms in total. The highest BCUT2D eigenvalue weighted by Crippen LogP contribution is 2.23. The maximum absolute atomic E-state index is 12.1. The largest absolute Gasteiger partial charge is 0.348 e. The maximum atomic E-state index is 12.1. The average molecular weight is 287 g/mol. The molecular formula is C13H19ClN2OS. The highest BCUT2D eigenvalue weighted by molar-refractivity contribution is 7.98. The minimum absolute atomic E-state index is 0.0356. The third-order valence-electron chi connectivity index (χ3n) is 2.79. The van der Waals surface area contributed by atoms with Crippen LogP contribution in [-0.2, 0) is 0 Å². The van der Waals surface area contributed by atoms with Crippen LogP contribution >= 0.6 is 23.4 Å². The monoisotopic (exact) mass is 286 g/mol. The molecule has 100 valence electrons. The molecule has 1 rings (SSSR count). The van der Waals surface area contributed by atoms with E-state index in [4.69, 9.17) is 17.3 Å². The number of halogens is 1. The Labute approximate surface area is 117 Å². The number of nitrogens with one attached hydrogen (secondary N) is 1. The van der Waals surface area contributed by atoms with Crippen molar-refractivity contribution in [3.63, 3.8) is 0 Å². The van der Waals surface area contributed by atoms with Gasteiger partial charge in [-0.2, -0.15) is 0 Å². The van der Waals surface area contributed by atoms with Crippen molar-refractivity contribution in [1.82, 2.24) is 5.32 Å². The van der Waals surface area contributed by atoms with Crippen molar-refractivity contribution in [2.45, 2.75) is 24.8 Å². The van der Waals surface area contributed by atoms with Crippen molar-refractivity contribution in [3.05, 3.63) is 28.8 Å². The second kappa shape index (κ2) is 7.02. The van der Waals surface area contributed by atoms with E-state index < -0.39 is 0 Å². The van der Waals surface area contributed by atoms with E-state index in [0.29, 0.717) is 23.0 Å². The Morgan fingerprint density at radius 1 is 1.50 bits per heavy atom. The summed E-state index contributed by atoms with van der Waals surface area (Å²) >= 11 is 7.63. The van der Waals surface area contributed by atoms with Crippen LogP contribution in [0.15, 0.2) is 23.1 Å². The summed E-state index contributed by atoms with van der Waals surface area (Å²) in [5.41, 5.74) is 6.14. The van der Waals surface area contributed by atoms with E-state index in [0.717, 1.165) is 4.90 Å². The van der Waals surface area contributed by atoms with Crippen LogP contribution in [0, 0.1) is 5.92 Å². The summed E-state index contributed by atoms with van der Waals surface area (Å²) in [5.74, 6) is 0.126. The fourth-order valence-electron chi connectivity index (χ4n) is 1.55. The highest BCUT2D eigenvalue weighted by Gasteiger charge is 2.17. The summed E-state index contributed by atoms with van der Waals surface area (Å²) < 4.78 is 0. The molecule has 0 bridgehead atoms. The molecule has 1 aromatic carbocycles. The molecule has 0 aliphatic heterocycles. The molecule has 1 amide bonds. The van der Waals surface area contributed by atoms with Crippen LogP contribution in [0.1, 0.15) is 24.2 Å². The molecule has 0 aliphatic rings. The minimum Gasteiger partial charge on any atom is -0.348 e. The van der Waals surface area contributed by atoms with Crippen LogP contribution in [0.2, 0.25) is 5.02 Å². The van der Waals surface area contributed by atoms with E-state index in [9.17, 15) is 4.79 Å². The van der Waals surface area contributed by atoms with Crippen molar-refractivity contribution in [2.75, 3.05) is 12.8 Å². The molecule has 0 saturated heterocycles. The Morgan fingerprint density at radius 2 is 2.17 bits per heavy atom. The van der Waals surface area contributed by atoms with E-state index in [2.05, 4.69) is 5.32 Å². The van der Waals surface area contributed by atoms with Gasteiger partial charge in [-0.15, -0.1) is 11.8 Å². The zero-order valence-corrected chi connectivity index (χ0v) is 12.4. The fraction of sp³-hybridized carbons (Fsp3) is 0.462. The number of nitrogens with two attached hydrogens (primary N) is 1. The molecular weight excluding hydrogens is 268 g/mol. The van der Waals surface area contributed by atoms with E-state index in [-0.39, 0.29) is 11.9 Å². The van der Waals surface area contributed by atoms with Gasteiger partial charge in [0, 0.05) is 17.5 Å². The SMILES string of the molecule is CSc1ccc(Cl)c(C(=O)NC(CN)C(C)C)c1. The lowest BCUT2D eigenvalue weighted by Gasteiger charge is -2.20. The Hall–Kier alpha value is -0.710. The molecule has 0 aliphatic carbocycles. The van der Waals surface area contributed by atoms with Crippen LogP contribution in [0.5, 0.6) is 0 Å². The average Bonchev–Trinajstić information content (AvgIpc) is 2.35. The fourth-order valence-corrected chi connectivity index (χ4v) is 2.19. The van der Waals surface area contributed by atoms with Gasteiger partial charge >= 0.3 is 0 Å². The molecule has 0 spiro atoms. The third-order valence-corrected chi connectivity index (χ3v) is 3.85. The molecule has 0 radical (unpaired) electrons. The van der Waals surface area contributed by atoms with Gasteiger partial charge in [-0.25, -0.2) is 0 Å². The van der Waals surface area contributed by atoms with E-state index in [1.165, 1.54) is 0 Å². The second-order valence-corrected chi connectivity index (χ2v) is 5.69. The molecule has 0 saturated carbocycles. The number of rotatable bonds is 5. The second-order valence-electron chi connectivity index (χ2n) is 4.41. The Morgan fingerprint density at radius 3 is 2.67 bits per heavy atom. The number of carbonyl (C=O) groups excluding carboxylic acids is 1. The van der Waals surface area contributed by atoms with Crippen LogP contribution in [0.25, 0.3) is 0 Å². The predicted octanol–water partition coefficient (Wildman–Crippen LogP) is 2.78. The minimum atomic E-state index is -0.167. The van der Waals surface area contributed by atoms with Gasteiger partial charge in [0.1, 0.15) is 0 Å². The van der Waals surface area contributed by atoms with Crippen LogP contribution in [0.3, 0.4) is 0 Å². The summed E-state index contributed by atoms with van der Waals surface area (Å²) in [6.07, 6.45) is 1.96. The lowest BCUT2D eigenvalue weighted by Crippen LogP contribution is -2.43. The molecule has 0 fully saturated rings. The number of hydrogen-bond acceptors (Lipinski definition) is 3. The van der Waals surface area contributed by atoms with Gasteiger partial charge in [0.2, 0.25) is 0 Å². The summed E-state index contributed by atoms with van der Waals surface area (Å²) in [4.78, 5) is 13.2.